The van der Waals surface area contributed by atoms with E-state index in [2.05, 4.69) is 40.4 Å². The summed E-state index contributed by atoms with van der Waals surface area (Å²) in [5.41, 5.74) is 6.68. The third kappa shape index (κ3) is 3.42. The minimum absolute atomic E-state index is 0.241. The van der Waals surface area contributed by atoms with Crippen LogP contribution in [0.5, 0.6) is 0 Å². The summed E-state index contributed by atoms with van der Waals surface area (Å²) in [7, 11) is 2.14. The average molecular weight is 398 g/mol. The van der Waals surface area contributed by atoms with E-state index < -0.39 is 0 Å². The van der Waals surface area contributed by atoms with E-state index in [-0.39, 0.29) is 5.82 Å². The Kier molecular flexibility index (Phi) is 4.68. The van der Waals surface area contributed by atoms with Gasteiger partial charge in [-0.25, -0.2) is 14.4 Å². The molecule has 0 saturated heterocycles. The van der Waals surface area contributed by atoms with Crippen LogP contribution in [0.15, 0.2) is 60.8 Å². The van der Waals surface area contributed by atoms with E-state index >= 15 is 0 Å². The van der Waals surface area contributed by atoms with E-state index in [0.717, 1.165) is 47.2 Å². The highest BCUT2D eigenvalue weighted by atomic mass is 19.1. The highest BCUT2D eigenvalue weighted by Crippen LogP contribution is 2.32. The van der Waals surface area contributed by atoms with Gasteiger partial charge in [-0.15, -0.1) is 0 Å². The lowest BCUT2D eigenvalue weighted by Crippen LogP contribution is -2.26. The molecule has 0 fully saturated rings. The van der Waals surface area contributed by atoms with E-state index in [0.29, 0.717) is 11.5 Å². The Morgan fingerprint density at radius 1 is 1.03 bits per heavy atom. The number of nitrogens with one attached hydrogen (secondary N) is 1. The van der Waals surface area contributed by atoms with Gasteiger partial charge in [0.15, 0.2) is 0 Å². The monoisotopic (exact) mass is 398 g/mol. The van der Waals surface area contributed by atoms with Crippen LogP contribution in [0.1, 0.15) is 16.7 Å². The molecule has 30 heavy (non-hydrogen) atoms. The van der Waals surface area contributed by atoms with Gasteiger partial charge in [0, 0.05) is 41.5 Å². The van der Waals surface area contributed by atoms with Gasteiger partial charge >= 0.3 is 0 Å². The number of rotatable bonds is 3. The Bertz CT molecular complexity index is 1230. The largest absolute Gasteiger partial charge is 0.324 e. The highest BCUT2D eigenvalue weighted by Gasteiger charge is 2.15. The molecule has 150 valence electrons. The van der Waals surface area contributed by atoms with E-state index in [9.17, 15) is 4.39 Å². The predicted molar refractivity (Wildman–Crippen MR) is 119 cm³/mol. The second kappa shape index (κ2) is 7.50. The third-order valence-corrected chi connectivity index (χ3v) is 5.77. The van der Waals surface area contributed by atoms with Crippen LogP contribution in [-0.2, 0) is 13.0 Å². The molecule has 0 unspecified atom stereocenters. The number of hydrogen-bond donors (Lipinski definition) is 1. The van der Waals surface area contributed by atoms with Crippen LogP contribution in [0.25, 0.3) is 22.0 Å². The molecule has 0 atom stereocenters. The van der Waals surface area contributed by atoms with Crippen molar-refractivity contribution < 1.29 is 4.39 Å². The van der Waals surface area contributed by atoms with Crippen molar-refractivity contribution in [2.75, 3.05) is 18.9 Å². The molecule has 0 spiro atoms. The molecule has 1 aliphatic rings. The molecule has 0 radical (unpaired) electrons. The summed E-state index contributed by atoms with van der Waals surface area (Å²) >= 11 is 0. The van der Waals surface area contributed by atoms with Crippen molar-refractivity contribution in [2.24, 2.45) is 0 Å². The minimum Gasteiger partial charge on any atom is -0.324 e. The molecule has 3 aromatic carbocycles. The number of benzene rings is 3. The molecule has 1 N–H and O–H groups in total. The third-order valence-electron chi connectivity index (χ3n) is 5.77. The Hall–Kier alpha value is -3.31. The van der Waals surface area contributed by atoms with Gasteiger partial charge in [-0.05, 0) is 55.3 Å². The molecule has 4 aromatic rings. The van der Waals surface area contributed by atoms with Gasteiger partial charge in [0.2, 0.25) is 5.95 Å². The van der Waals surface area contributed by atoms with Crippen molar-refractivity contribution in [1.29, 1.82) is 0 Å². The van der Waals surface area contributed by atoms with E-state index in [4.69, 9.17) is 4.98 Å². The molecular formula is C25H23FN4. The Morgan fingerprint density at radius 2 is 1.90 bits per heavy atom. The summed E-state index contributed by atoms with van der Waals surface area (Å²) in [5, 5.41) is 4.22. The molecule has 0 saturated carbocycles. The minimum atomic E-state index is -0.241. The molecule has 1 aromatic heterocycles. The highest BCUT2D eigenvalue weighted by molar-refractivity contribution is 5.94. The number of likely N-dealkylation sites (N-methyl/N-ethyl adjacent to an activating group) is 1. The van der Waals surface area contributed by atoms with Gasteiger partial charge in [-0.3, -0.25) is 0 Å². The molecule has 0 amide bonds. The first-order valence-electron chi connectivity index (χ1n) is 10.2. The first-order valence-corrected chi connectivity index (χ1v) is 10.2. The molecule has 0 bridgehead atoms. The van der Waals surface area contributed by atoms with Crippen LogP contribution in [0, 0.1) is 12.7 Å². The van der Waals surface area contributed by atoms with Crippen LogP contribution < -0.4 is 5.32 Å². The zero-order valence-electron chi connectivity index (χ0n) is 17.1. The number of fused-ring (bicyclic) bond motifs is 2. The number of anilines is 2. The number of para-hydroxylation sites is 1. The first kappa shape index (κ1) is 18.7. The van der Waals surface area contributed by atoms with Gasteiger partial charge in [0.1, 0.15) is 5.82 Å². The summed E-state index contributed by atoms with van der Waals surface area (Å²) < 4.78 is 14.6. The van der Waals surface area contributed by atoms with Gasteiger partial charge in [0.05, 0.1) is 5.52 Å². The molecule has 1 aliphatic heterocycles. The van der Waals surface area contributed by atoms with Gasteiger partial charge < -0.3 is 10.2 Å². The quantitative estimate of drug-likeness (QED) is 0.496. The standard InChI is InChI=1S/C25H23FN4/c1-16-5-3-8-22(26)23(16)21-7-4-6-18-14-27-25(29-24(18)21)28-20-10-9-17-11-12-30(2)15-19(17)13-20/h3-10,13-14H,11-12,15H2,1-2H3,(H,27,28,29). The maximum atomic E-state index is 14.6. The first-order chi connectivity index (χ1) is 14.6. The van der Waals surface area contributed by atoms with Crippen molar-refractivity contribution in [3.05, 3.63) is 83.3 Å². The zero-order chi connectivity index (χ0) is 20.7. The SMILES string of the molecule is Cc1cccc(F)c1-c1cccc2cnc(Nc3ccc4c(c3)CN(C)CC4)nc12. The number of aromatic nitrogens is 2. The zero-order valence-corrected chi connectivity index (χ0v) is 17.1. The van der Waals surface area contributed by atoms with Crippen LogP contribution in [0.2, 0.25) is 0 Å². The van der Waals surface area contributed by atoms with Crippen molar-refractivity contribution in [2.45, 2.75) is 19.9 Å². The fourth-order valence-electron chi connectivity index (χ4n) is 4.20. The number of hydrogen-bond acceptors (Lipinski definition) is 4. The predicted octanol–water partition coefficient (Wildman–Crippen LogP) is 5.48. The van der Waals surface area contributed by atoms with Crippen LogP contribution in [0.4, 0.5) is 16.0 Å². The summed E-state index contributed by atoms with van der Waals surface area (Å²) in [6, 6.07) is 17.4. The number of halogens is 1. The van der Waals surface area contributed by atoms with E-state index in [1.807, 2.05) is 31.2 Å². The second-order valence-electron chi connectivity index (χ2n) is 7.97. The number of nitrogens with zero attached hydrogens (tertiary/aromatic N) is 3. The normalized spacial score (nSPS) is 14.0. The number of aryl methyl sites for hydroxylation is 1. The Labute approximate surface area is 175 Å². The maximum absolute atomic E-state index is 14.6. The topological polar surface area (TPSA) is 41.1 Å². The second-order valence-corrected chi connectivity index (χ2v) is 7.97. The molecular weight excluding hydrogens is 375 g/mol. The van der Waals surface area contributed by atoms with Crippen LogP contribution >= 0.6 is 0 Å². The van der Waals surface area contributed by atoms with Crippen molar-refractivity contribution in [3.63, 3.8) is 0 Å². The lowest BCUT2D eigenvalue weighted by Gasteiger charge is -2.25. The van der Waals surface area contributed by atoms with Crippen LogP contribution in [-0.4, -0.2) is 28.5 Å². The van der Waals surface area contributed by atoms with Crippen molar-refractivity contribution in [3.8, 4) is 11.1 Å². The molecule has 5 rings (SSSR count). The summed E-state index contributed by atoms with van der Waals surface area (Å²) in [6.07, 6.45) is 2.86. The van der Waals surface area contributed by atoms with Crippen LogP contribution in [0.3, 0.4) is 0 Å². The van der Waals surface area contributed by atoms with Gasteiger partial charge in [0.25, 0.3) is 0 Å². The van der Waals surface area contributed by atoms with Crippen molar-refractivity contribution >= 4 is 22.5 Å². The van der Waals surface area contributed by atoms with Gasteiger partial charge in [-0.1, -0.05) is 36.4 Å². The fourth-order valence-corrected chi connectivity index (χ4v) is 4.20. The molecule has 4 nitrogen and oxygen atoms in total. The lowest BCUT2D eigenvalue weighted by atomic mass is 9.98. The summed E-state index contributed by atoms with van der Waals surface area (Å²) in [4.78, 5) is 11.6. The van der Waals surface area contributed by atoms with Gasteiger partial charge in [-0.2, -0.15) is 0 Å². The summed E-state index contributed by atoms with van der Waals surface area (Å²) in [6.45, 7) is 3.95. The fraction of sp³-hybridized carbons (Fsp3) is 0.200. The van der Waals surface area contributed by atoms with Crippen molar-refractivity contribution in [1.82, 2.24) is 14.9 Å². The average Bonchev–Trinajstić information content (AvgIpc) is 2.73. The Morgan fingerprint density at radius 3 is 2.77 bits per heavy atom. The molecule has 0 aliphatic carbocycles. The maximum Gasteiger partial charge on any atom is 0.227 e. The lowest BCUT2D eigenvalue weighted by molar-refractivity contribution is 0.313. The smallest absolute Gasteiger partial charge is 0.227 e. The molecule has 5 heteroatoms. The van der Waals surface area contributed by atoms with E-state index in [1.54, 1.807) is 12.3 Å². The molecule has 2 heterocycles. The summed E-state index contributed by atoms with van der Waals surface area (Å²) in [5.74, 6) is 0.266. The Balaban J connectivity index is 1.55. The van der Waals surface area contributed by atoms with E-state index in [1.165, 1.54) is 17.2 Å².